The second-order valence-corrected chi connectivity index (χ2v) is 8.71. The third kappa shape index (κ3) is 3.60. The maximum absolute atomic E-state index is 5.86. The number of pyridine rings is 1. The van der Waals surface area contributed by atoms with E-state index >= 15 is 0 Å². The van der Waals surface area contributed by atoms with E-state index in [1.54, 1.807) is 6.26 Å². The van der Waals surface area contributed by atoms with Crippen LogP contribution in [0.4, 0.5) is 5.69 Å². The maximum Gasteiger partial charge on any atom is 0.174 e. The highest BCUT2D eigenvalue weighted by atomic mass is 32.1. The highest BCUT2D eigenvalue weighted by Gasteiger charge is 2.42. The third-order valence-electron chi connectivity index (χ3n) is 6.20. The van der Waals surface area contributed by atoms with Crippen LogP contribution < -0.4 is 10.2 Å². The van der Waals surface area contributed by atoms with Crippen LogP contribution in [0.3, 0.4) is 0 Å². The Morgan fingerprint density at radius 2 is 1.91 bits per heavy atom. The number of benzene rings is 1. The number of thiocarbonyl (C=S) groups is 1. The molecule has 1 N–H and O–H groups in total. The van der Waals surface area contributed by atoms with E-state index in [4.69, 9.17) is 16.6 Å². The molecular formula is C26H26N4OS. The second-order valence-electron chi connectivity index (χ2n) is 8.33. The summed E-state index contributed by atoms with van der Waals surface area (Å²) in [5.41, 5.74) is 6.89. The molecule has 1 aliphatic rings. The van der Waals surface area contributed by atoms with Crippen LogP contribution in [-0.2, 0) is 6.54 Å². The zero-order valence-corrected chi connectivity index (χ0v) is 19.3. The summed E-state index contributed by atoms with van der Waals surface area (Å²) in [6, 6.07) is 20.7. The number of anilines is 1. The minimum Gasteiger partial charge on any atom is -0.467 e. The Balaban J connectivity index is 1.63. The number of nitrogens with zero attached hydrogens (tertiary/aromatic N) is 3. The second kappa shape index (κ2) is 8.28. The molecule has 1 fully saturated rings. The summed E-state index contributed by atoms with van der Waals surface area (Å²) >= 11 is 5.86. The molecule has 32 heavy (non-hydrogen) atoms. The molecular weight excluding hydrogens is 416 g/mol. The highest BCUT2D eigenvalue weighted by molar-refractivity contribution is 7.80. The van der Waals surface area contributed by atoms with E-state index in [1.807, 2.05) is 30.5 Å². The molecule has 1 aromatic carbocycles. The first kappa shape index (κ1) is 20.5. The SMILES string of the molecule is Cc1cccc(N2C(=S)N[C@@H](c3ccccn3)[C@@H]2c2cc(C)n(Cc3ccco3)c2C)c1. The first-order valence-electron chi connectivity index (χ1n) is 10.8. The molecule has 0 unspecified atom stereocenters. The van der Waals surface area contributed by atoms with Crippen molar-refractivity contribution in [1.29, 1.82) is 0 Å². The lowest BCUT2D eigenvalue weighted by atomic mass is 9.96. The molecule has 0 radical (unpaired) electrons. The number of aromatic nitrogens is 2. The van der Waals surface area contributed by atoms with Crippen molar-refractivity contribution in [3.05, 3.63) is 107 Å². The monoisotopic (exact) mass is 442 g/mol. The molecule has 3 aromatic heterocycles. The molecule has 4 heterocycles. The first-order chi connectivity index (χ1) is 15.5. The molecule has 0 bridgehead atoms. The number of aryl methyl sites for hydroxylation is 2. The van der Waals surface area contributed by atoms with E-state index in [0.29, 0.717) is 11.7 Å². The lowest BCUT2D eigenvalue weighted by Crippen LogP contribution is -2.29. The van der Waals surface area contributed by atoms with Gasteiger partial charge in [-0.05, 0) is 86.6 Å². The van der Waals surface area contributed by atoms with Gasteiger partial charge in [0, 0.05) is 23.3 Å². The van der Waals surface area contributed by atoms with Crippen LogP contribution in [0.25, 0.3) is 0 Å². The van der Waals surface area contributed by atoms with Crippen molar-refractivity contribution in [2.75, 3.05) is 4.90 Å². The summed E-state index contributed by atoms with van der Waals surface area (Å²) in [4.78, 5) is 6.90. The van der Waals surface area contributed by atoms with Gasteiger partial charge in [0.15, 0.2) is 5.11 Å². The Morgan fingerprint density at radius 1 is 1.03 bits per heavy atom. The Morgan fingerprint density at radius 3 is 2.62 bits per heavy atom. The van der Waals surface area contributed by atoms with Crippen molar-refractivity contribution in [3.63, 3.8) is 0 Å². The van der Waals surface area contributed by atoms with Crippen LogP contribution in [0.5, 0.6) is 0 Å². The average molecular weight is 443 g/mol. The number of nitrogens with one attached hydrogen (secondary N) is 1. The normalized spacial score (nSPS) is 18.2. The fourth-order valence-corrected chi connectivity index (χ4v) is 5.00. The Bertz CT molecular complexity index is 1250. The van der Waals surface area contributed by atoms with Crippen LogP contribution in [0.1, 0.15) is 46.1 Å². The van der Waals surface area contributed by atoms with Gasteiger partial charge < -0.3 is 19.2 Å². The predicted molar refractivity (Wildman–Crippen MR) is 131 cm³/mol. The van der Waals surface area contributed by atoms with E-state index < -0.39 is 0 Å². The van der Waals surface area contributed by atoms with Crippen LogP contribution >= 0.6 is 12.2 Å². The minimum atomic E-state index is -0.0539. The Hall–Kier alpha value is -3.38. The summed E-state index contributed by atoms with van der Waals surface area (Å²) < 4.78 is 7.92. The van der Waals surface area contributed by atoms with Crippen LogP contribution in [0.15, 0.2) is 77.5 Å². The molecule has 6 heteroatoms. The third-order valence-corrected chi connectivity index (χ3v) is 6.52. The zero-order chi connectivity index (χ0) is 22.2. The van der Waals surface area contributed by atoms with Crippen molar-refractivity contribution in [1.82, 2.24) is 14.9 Å². The molecule has 0 spiro atoms. The average Bonchev–Trinajstić information content (AvgIpc) is 3.49. The molecule has 4 aromatic rings. The van der Waals surface area contributed by atoms with Gasteiger partial charge in [0.1, 0.15) is 5.76 Å². The quantitative estimate of drug-likeness (QED) is 0.406. The molecule has 2 atom stereocenters. The van der Waals surface area contributed by atoms with Crippen LogP contribution in [0, 0.1) is 20.8 Å². The van der Waals surface area contributed by atoms with E-state index in [-0.39, 0.29) is 12.1 Å². The molecule has 5 nitrogen and oxygen atoms in total. The first-order valence-corrected chi connectivity index (χ1v) is 11.2. The van der Waals surface area contributed by atoms with Crippen molar-refractivity contribution in [2.24, 2.45) is 0 Å². The zero-order valence-electron chi connectivity index (χ0n) is 18.4. The fraction of sp³-hybridized carbons (Fsp3) is 0.231. The lowest BCUT2D eigenvalue weighted by molar-refractivity contribution is 0.488. The number of hydrogen-bond donors (Lipinski definition) is 1. The number of rotatable bonds is 5. The highest BCUT2D eigenvalue weighted by Crippen LogP contribution is 2.43. The summed E-state index contributed by atoms with van der Waals surface area (Å²) in [6.45, 7) is 7.13. The van der Waals surface area contributed by atoms with Gasteiger partial charge in [-0.3, -0.25) is 4.98 Å². The van der Waals surface area contributed by atoms with Gasteiger partial charge >= 0.3 is 0 Å². The molecule has 0 saturated carbocycles. The fourth-order valence-electron chi connectivity index (χ4n) is 4.66. The van der Waals surface area contributed by atoms with Gasteiger partial charge in [0.05, 0.1) is 30.6 Å². The molecule has 162 valence electrons. The van der Waals surface area contributed by atoms with E-state index in [2.05, 4.69) is 76.9 Å². The number of hydrogen-bond acceptors (Lipinski definition) is 3. The summed E-state index contributed by atoms with van der Waals surface area (Å²) in [6.07, 6.45) is 3.56. The van der Waals surface area contributed by atoms with Gasteiger partial charge in [-0.1, -0.05) is 18.2 Å². The minimum absolute atomic E-state index is 0.0178. The maximum atomic E-state index is 5.86. The summed E-state index contributed by atoms with van der Waals surface area (Å²) in [7, 11) is 0. The van der Waals surface area contributed by atoms with E-state index in [1.165, 1.54) is 22.5 Å². The molecule has 5 rings (SSSR count). The van der Waals surface area contributed by atoms with Gasteiger partial charge in [-0.2, -0.15) is 0 Å². The Kier molecular flexibility index (Phi) is 5.31. The van der Waals surface area contributed by atoms with Gasteiger partial charge in [0.2, 0.25) is 0 Å². The largest absolute Gasteiger partial charge is 0.467 e. The lowest BCUT2D eigenvalue weighted by Gasteiger charge is -2.28. The molecule has 0 aliphatic carbocycles. The molecule has 1 saturated heterocycles. The van der Waals surface area contributed by atoms with Crippen molar-refractivity contribution >= 4 is 23.0 Å². The smallest absolute Gasteiger partial charge is 0.174 e. The van der Waals surface area contributed by atoms with Crippen LogP contribution in [0.2, 0.25) is 0 Å². The van der Waals surface area contributed by atoms with Gasteiger partial charge in [-0.15, -0.1) is 0 Å². The van der Waals surface area contributed by atoms with E-state index in [9.17, 15) is 0 Å². The molecule has 0 amide bonds. The Labute approximate surface area is 193 Å². The van der Waals surface area contributed by atoms with Crippen molar-refractivity contribution in [2.45, 2.75) is 39.4 Å². The molecule has 1 aliphatic heterocycles. The predicted octanol–water partition coefficient (Wildman–Crippen LogP) is 5.63. The summed E-state index contributed by atoms with van der Waals surface area (Å²) in [5, 5.41) is 4.27. The van der Waals surface area contributed by atoms with Gasteiger partial charge in [0.25, 0.3) is 0 Å². The standard InChI is InChI=1S/C26H26N4OS/c1-17-8-6-9-20(14-17)30-25(24(28-26(30)32)23-11-4-5-12-27-23)22-15-18(2)29(19(22)3)16-21-10-7-13-31-21/h4-15,24-25H,16H2,1-3H3,(H,28,32)/t24-,25-/m0/s1. The van der Waals surface area contributed by atoms with E-state index in [0.717, 1.165) is 17.1 Å². The number of furan rings is 1. The van der Waals surface area contributed by atoms with Crippen molar-refractivity contribution in [3.8, 4) is 0 Å². The topological polar surface area (TPSA) is 46.2 Å². The summed E-state index contributed by atoms with van der Waals surface area (Å²) in [5.74, 6) is 0.940. The van der Waals surface area contributed by atoms with Crippen LogP contribution in [-0.4, -0.2) is 14.7 Å². The van der Waals surface area contributed by atoms with Crippen molar-refractivity contribution < 1.29 is 4.42 Å². The van der Waals surface area contributed by atoms with Gasteiger partial charge in [-0.25, -0.2) is 0 Å².